The first-order chi connectivity index (χ1) is 14.8. The van der Waals surface area contributed by atoms with Crippen LogP contribution in [0.1, 0.15) is 19.3 Å². The number of amides is 3. The number of hydrogen-bond donors (Lipinski definition) is 0. The van der Waals surface area contributed by atoms with E-state index < -0.39 is 16.8 Å². The van der Waals surface area contributed by atoms with Crippen LogP contribution in [0.15, 0.2) is 48.5 Å². The fourth-order valence-corrected chi connectivity index (χ4v) is 3.60. The molecular weight excluding hydrogens is 406 g/mol. The van der Waals surface area contributed by atoms with Gasteiger partial charge in [0.25, 0.3) is 5.69 Å². The second-order valence-corrected chi connectivity index (χ2v) is 7.22. The lowest BCUT2D eigenvalue weighted by atomic mass is 10.1. The number of benzene rings is 2. The van der Waals surface area contributed by atoms with Crippen LogP contribution in [0.5, 0.6) is 5.75 Å². The predicted molar refractivity (Wildman–Crippen MR) is 107 cm³/mol. The third-order valence-electron chi connectivity index (χ3n) is 5.20. The van der Waals surface area contributed by atoms with Crippen molar-refractivity contribution >= 4 is 40.8 Å². The maximum absolute atomic E-state index is 12.5. The van der Waals surface area contributed by atoms with Crippen molar-refractivity contribution in [3.8, 4) is 5.75 Å². The molecule has 10 nitrogen and oxygen atoms in total. The summed E-state index contributed by atoms with van der Waals surface area (Å²) in [6.07, 6.45) is 0.317. The maximum Gasteiger partial charge on any atom is 0.316 e. The minimum Gasteiger partial charge on any atom is -0.426 e. The molecule has 2 aromatic rings. The Balaban J connectivity index is 1.40. The van der Waals surface area contributed by atoms with Gasteiger partial charge in [-0.05, 0) is 36.4 Å². The fraction of sp³-hybridized carbons (Fsp3) is 0.238. The zero-order chi connectivity index (χ0) is 22.1. The Morgan fingerprint density at radius 3 is 2.06 bits per heavy atom. The van der Waals surface area contributed by atoms with E-state index in [1.807, 2.05) is 0 Å². The van der Waals surface area contributed by atoms with Gasteiger partial charge in [0.15, 0.2) is 0 Å². The Bertz CT molecular complexity index is 1060. The molecule has 0 unspecified atom stereocenters. The number of carbonyl (C=O) groups is 4. The summed E-state index contributed by atoms with van der Waals surface area (Å²) in [5.41, 5.74) is 0.787. The monoisotopic (exact) mass is 423 g/mol. The second-order valence-electron chi connectivity index (χ2n) is 7.22. The van der Waals surface area contributed by atoms with Gasteiger partial charge in [-0.1, -0.05) is 0 Å². The molecule has 2 aliphatic heterocycles. The van der Waals surface area contributed by atoms with Crippen molar-refractivity contribution in [1.29, 1.82) is 0 Å². The summed E-state index contributed by atoms with van der Waals surface area (Å²) in [5.74, 6) is -1.87. The standard InChI is InChI=1S/C21H17N3O7/c25-18-9-10-19(26)23(18)15-5-7-17(8-6-15)31-21(28)13-11-20(27)22(12-13)14-1-3-16(4-2-14)24(29)30/h1-8,13H,9-12H2/t13-/m0/s1. The molecule has 0 bridgehead atoms. The first-order valence-corrected chi connectivity index (χ1v) is 9.56. The summed E-state index contributed by atoms with van der Waals surface area (Å²) in [4.78, 5) is 61.2. The quantitative estimate of drug-likeness (QED) is 0.237. The van der Waals surface area contributed by atoms with Crippen LogP contribution in [0.25, 0.3) is 0 Å². The number of esters is 1. The highest BCUT2D eigenvalue weighted by Gasteiger charge is 2.36. The molecular formula is C21H17N3O7. The summed E-state index contributed by atoms with van der Waals surface area (Å²) in [5, 5.41) is 10.8. The van der Waals surface area contributed by atoms with E-state index in [4.69, 9.17) is 4.74 Å². The Hall–Kier alpha value is -4.08. The summed E-state index contributed by atoms with van der Waals surface area (Å²) < 4.78 is 5.36. The van der Waals surface area contributed by atoms with Gasteiger partial charge in [0.1, 0.15) is 5.75 Å². The minimum absolute atomic E-state index is 0.0370. The molecule has 0 radical (unpaired) electrons. The summed E-state index contributed by atoms with van der Waals surface area (Å²) in [6.45, 7) is 0.102. The largest absolute Gasteiger partial charge is 0.426 e. The van der Waals surface area contributed by atoms with Crippen LogP contribution in [-0.2, 0) is 19.2 Å². The molecule has 158 valence electrons. The molecule has 4 rings (SSSR count). The molecule has 3 amide bonds. The minimum atomic E-state index is -0.691. The highest BCUT2D eigenvalue weighted by atomic mass is 16.6. The number of nitro groups is 1. The molecule has 10 heteroatoms. The second kappa shape index (κ2) is 7.98. The number of nitrogens with zero attached hydrogens (tertiary/aromatic N) is 3. The predicted octanol–water partition coefficient (Wildman–Crippen LogP) is 2.21. The van der Waals surface area contributed by atoms with Gasteiger partial charge in [0, 0.05) is 43.6 Å². The lowest BCUT2D eigenvalue weighted by Gasteiger charge is -2.16. The Labute approximate surface area is 176 Å². The smallest absolute Gasteiger partial charge is 0.316 e. The molecule has 2 heterocycles. The molecule has 0 N–H and O–H groups in total. The number of rotatable bonds is 5. The molecule has 0 spiro atoms. The van der Waals surface area contributed by atoms with Gasteiger partial charge in [0.2, 0.25) is 17.7 Å². The Morgan fingerprint density at radius 1 is 0.903 bits per heavy atom. The highest BCUT2D eigenvalue weighted by Crippen LogP contribution is 2.29. The van der Waals surface area contributed by atoms with E-state index in [9.17, 15) is 29.3 Å². The van der Waals surface area contributed by atoms with Crippen molar-refractivity contribution in [3.05, 3.63) is 58.6 Å². The summed E-state index contributed by atoms with van der Waals surface area (Å²) in [7, 11) is 0. The topological polar surface area (TPSA) is 127 Å². The lowest BCUT2D eigenvalue weighted by molar-refractivity contribution is -0.384. The molecule has 2 saturated heterocycles. The normalized spacial score (nSPS) is 18.6. The van der Waals surface area contributed by atoms with Crippen molar-refractivity contribution < 1.29 is 28.8 Å². The van der Waals surface area contributed by atoms with Crippen molar-refractivity contribution in [2.75, 3.05) is 16.3 Å². The molecule has 2 aliphatic rings. The van der Waals surface area contributed by atoms with E-state index in [2.05, 4.69) is 0 Å². The molecule has 2 fully saturated rings. The first kappa shape index (κ1) is 20.2. The number of anilines is 2. The zero-order valence-corrected chi connectivity index (χ0v) is 16.2. The molecule has 1 atom stereocenters. The molecule has 31 heavy (non-hydrogen) atoms. The van der Waals surface area contributed by atoms with Crippen molar-refractivity contribution in [1.82, 2.24) is 0 Å². The number of ether oxygens (including phenoxy) is 1. The van der Waals surface area contributed by atoms with E-state index in [1.165, 1.54) is 53.4 Å². The van der Waals surface area contributed by atoms with Gasteiger partial charge in [-0.15, -0.1) is 0 Å². The van der Waals surface area contributed by atoms with E-state index in [1.54, 1.807) is 0 Å². The summed E-state index contributed by atoms with van der Waals surface area (Å²) >= 11 is 0. The average Bonchev–Trinajstić information content (AvgIpc) is 3.31. The number of non-ortho nitro benzene ring substituents is 1. The van der Waals surface area contributed by atoms with Crippen LogP contribution in [0.2, 0.25) is 0 Å². The van der Waals surface area contributed by atoms with E-state index in [-0.39, 0.29) is 55.0 Å². The van der Waals surface area contributed by atoms with Crippen LogP contribution in [-0.4, -0.2) is 35.2 Å². The van der Waals surface area contributed by atoms with Gasteiger partial charge < -0.3 is 9.64 Å². The first-order valence-electron chi connectivity index (χ1n) is 9.56. The number of nitro benzene ring substituents is 1. The van der Waals surface area contributed by atoms with Crippen LogP contribution < -0.4 is 14.5 Å². The fourth-order valence-electron chi connectivity index (χ4n) is 3.60. The Kier molecular flexibility index (Phi) is 5.20. The van der Waals surface area contributed by atoms with E-state index >= 15 is 0 Å². The van der Waals surface area contributed by atoms with Gasteiger partial charge >= 0.3 is 5.97 Å². The van der Waals surface area contributed by atoms with Crippen LogP contribution >= 0.6 is 0 Å². The van der Waals surface area contributed by atoms with Crippen LogP contribution in [0, 0.1) is 16.0 Å². The van der Waals surface area contributed by atoms with Gasteiger partial charge in [-0.2, -0.15) is 0 Å². The third kappa shape index (κ3) is 4.00. The summed E-state index contributed by atoms with van der Waals surface area (Å²) in [6, 6.07) is 11.5. The molecule has 0 aliphatic carbocycles. The van der Waals surface area contributed by atoms with Crippen LogP contribution in [0.4, 0.5) is 17.1 Å². The maximum atomic E-state index is 12.5. The lowest BCUT2D eigenvalue weighted by Crippen LogP contribution is -2.28. The van der Waals surface area contributed by atoms with Crippen LogP contribution in [0.3, 0.4) is 0 Å². The van der Waals surface area contributed by atoms with Gasteiger partial charge in [0.05, 0.1) is 16.5 Å². The zero-order valence-electron chi connectivity index (χ0n) is 16.2. The van der Waals surface area contributed by atoms with Gasteiger partial charge in [-0.25, -0.2) is 0 Å². The van der Waals surface area contributed by atoms with Gasteiger partial charge in [-0.3, -0.25) is 34.2 Å². The van der Waals surface area contributed by atoms with Crippen molar-refractivity contribution in [2.24, 2.45) is 5.92 Å². The van der Waals surface area contributed by atoms with Crippen molar-refractivity contribution in [3.63, 3.8) is 0 Å². The molecule has 0 aromatic heterocycles. The Morgan fingerprint density at radius 2 is 1.48 bits per heavy atom. The number of carbonyl (C=O) groups excluding carboxylic acids is 4. The molecule has 0 saturated carbocycles. The highest BCUT2D eigenvalue weighted by molar-refractivity contribution is 6.19. The average molecular weight is 423 g/mol. The third-order valence-corrected chi connectivity index (χ3v) is 5.20. The number of hydrogen-bond acceptors (Lipinski definition) is 7. The van der Waals surface area contributed by atoms with E-state index in [0.29, 0.717) is 11.4 Å². The molecule has 2 aromatic carbocycles. The number of imide groups is 1. The SMILES string of the molecule is O=C(Oc1ccc(N2C(=O)CCC2=O)cc1)[C@H]1CC(=O)N(c2ccc([N+](=O)[O-])cc2)C1. The van der Waals surface area contributed by atoms with E-state index in [0.717, 1.165) is 4.90 Å². The van der Waals surface area contributed by atoms with Crippen molar-refractivity contribution in [2.45, 2.75) is 19.3 Å².